The summed E-state index contributed by atoms with van der Waals surface area (Å²) < 4.78 is 49.7. The standard InChI is InChI=1S/C12H15FN2O5S/c1-19-9-5-8(13)11(6-10(9)20-2)21(17,18)15-4-3-14-12(16)7-15/h5-6H,3-4,7H2,1-2H3,(H,14,16). The Kier molecular flexibility index (Phi) is 4.33. The SMILES string of the molecule is COc1cc(F)c(S(=O)(=O)N2CCNC(=O)C2)cc1OC. The predicted octanol–water partition coefficient (Wildman–Crippen LogP) is -0.0366. The maximum atomic E-state index is 14.1. The summed E-state index contributed by atoms with van der Waals surface area (Å²) in [7, 11) is -1.48. The van der Waals surface area contributed by atoms with E-state index in [0.29, 0.717) is 0 Å². The third-order valence-electron chi connectivity index (χ3n) is 3.06. The Labute approximate surface area is 121 Å². The van der Waals surface area contributed by atoms with Crippen LogP contribution in [0.2, 0.25) is 0 Å². The smallest absolute Gasteiger partial charge is 0.246 e. The molecule has 1 aliphatic rings. The van der Waals surface area contributed by atoms with Crippen molar-refractivity contribution >= 4 is 15.9 Å². The van der Waals surface area contributed by atoms with Gasteiger partial charge in [0.05, 0.1) is 20.8 Å². The number of carbonyl (C=O) groups is 1. The number of ether oxygens (including phenoxy) is 2. The second kappa shape index (κ2) is 5.86. The van der Waals surface area contributed by atoms with Crippen molar-refractivity contribution in [2.45, 2.75) is 4.90 Å². The molecule has 1 amide bonds. The molecule has 0 bridgehead atoms. The number of carbonyl (C=O) groups excluding carboxylic acids is 1. The van der Waals surface area contributed by atoms with Gasteiger partial charge in [-0.1, -0.05) is 0 Å². The van der Waals surface area contributed by atoms with Crippen LogP contribution in [0, 0.1) is 5.82 Å². The van der Waals surface area contributed by atoms with Crippen LogP contribution in [0.5, 0.6) is 11.5 Å². The van der Waals surface area contributed by atoms with E-state index in [1.807, 2.05) is 0 Å². The number of hydrogen-bond acceptors (Lipinski definition) is 5. The van der Waals surface area contributed by atoms with Crippen molar-refractivity contribution in [3.05, 3.63) is 17.9 Å². The summed E-state index contributed by atoms with van der Waals surface area (Å²) in [6.07, 6.45) is 0. The van der Waals surface area contributed by atoms with Crippen LogP contribution in [-0.2, 0) is 14.8 Å². The molecular formula is C12H15FN2O5S. The summed E-state index contributed by atoms with van der Waals surface area (Å²) in [6.45, 7) is -0.0645. The third kappa shape index (κ3) is 2.93. The monoisotopic (exact) mass is 318 g/mol. The summed E-state index contributed by atoms with van der Waals surface area (Å²) in [5, 5.41) is 2.51. The molecule has 1 aromatic rings. The molecule has 2 rings (SSSR count). The fourth-order valence-electron chi connectivity index (χ4n) is 1.99. The molecule has 9 heteroatoms. The predicted molar refractivity (Wildman–Crippen MR) is 71.3 cm³/mol. The second-order valence-electron chi connectivity index (χ2n) is 4.33. The van der Waals surface area contributed by atoms with E-state index in [1.54, 1.807) is 0 Å². The van der Waals surface area contributed by atoms with E-state index in [4.69, 9.17) is 9.47 Å². The van der Waals surface area contributed by atoms with Crippen molar-refractivity contribution in [3.8, 4) is 11.5 Å². The highest BCUT2D eigenvalue weighted by molar-refractivity contribution is 7.89. The van der Waals surface area contributed by atoms with Crippen LogP contribution in [-0.4, -0.2) is 52.5 Å². The van der Waals surface area contributed by atoms with Crippen LogP contribution in [0.4, 0.5) is 4.39 Å². The summed E-state index contributed by atoms with van der Waals surface area (Å²) in [5.74, 6) is -1.20. The van der Waals surface area contributed by atoms with Crippen LogP contribution in [0.1, 0.15) is 0 Å². The lowest BCUT2D eigenvalue weighted by Crippen LogP contribution is -2.49. The summed E-state index contributed by atoms with van der Waals surface area (Å²) in [5.41, 5.74) is 0. The number of sulfonamides is 1. The molecule has 1 aliphatic heterocycles. The molecule has 0 spiro atoms. The van der Waals surface area contributed by atoms with Crippen molar-refractivity contribution in [2.75, 3.05) is 33.9 Å². The zero-order chi connectivity index (χ0) is 15.6. The third-order valence-corrected chi connectivity index (χ3v) is 4.92. The first kappa shape index (κ1) is 15.5. The number of hydrogen-bond donors (Lipinski definition) is 1. The molecule has 0 saturated carbocycles. The largest absolute Gasteiger partial charge is 0.493 e. The van der Waals surface area contributed by atoms with Gasteiger partial charge in [0.2, 0.25) is 15.9 Å². The Morgan fingerprint density at radius 1 is 1.24 bits per heavy atom. The van der Waals surface area contributed by atoms with E-state index < -0.39 is 26.6 Å². The molecule has 7 nitrogen and oxygen atoms in total. The first-order valence-electron chi connectivity index (χ1n) is 6.08. The fourth-order valence-corrected chi connectivity index (χ4v) is 3.45. The lowest BCUT2D eigenvalue weighted by Gasteiger charge is -2.26. The van der Waals surface area contributed by atoms with Crippen LogP contribution in [0.25, 0.3) is 0 Å². The maximum absolute atomic E-state index is 14.1. The first-order chi connectivity index (χ1) is 9.90. The zero-order valence-electron chi connectivity index (χ0n) is 11.6. The minimum absolute atomic E-state index is 0.0852. The lowest BCUT2D eigenvalue weighted by molar-refractivity contribution is -0.122. The minimum Gasteiger partial charge on any atom is -0.493 e. The normalized spacial score (nSPS) is 16.4. The number of amides is 1. The highest BCUT2D eigenvalue weighted by Crippen LogP contribution is 2.33. The number of methoxy groups -OCH3 is 2. The van der Waals surface area contributed by atoms with Crippen molar-refractivity contribution in [2.24, 2.45) is 0 Å². The van der Waals surface area contributed by atoms with Crippen LogP contribution in [0.3, 0.4) is 0 Å². The molecule has 1 N–H and O–H groups in total. The molecule has 0 aliphatic carbocycles. The molecule has 116 valence electrons. The van der Waals surface area contributed by atoms with Gasteiger partial charge in [-0.15, -0.1) is 0 Å². The molecule has 0 radical (unpaired) electrons. The van der Waals surface area contributed by atoms with Crippen molar-refractivity contribution in [1.29, 1.82) is 0 Å². The molecule has 0 aromatic heterocycles. The van der Waals surface area contributed by atoms with Gasteiger partial charge in [0, 0.05) is 25.2 Å². The van der Waals surface area contributed by atoms with Gasteiger partial charge in [-0.2, -0.15) is 4.31 Å². The maximum Gasteiger partial charge on any atom is 0.246 e. The highest BCUT2D eigenvalue weighted by Gasteiger charge is 2.32. The van der Waals surface area contributed by atoms with Gasteiger partial charge < -0.3 is 14.8 Å². The minimum atomic E-state index is -4.12. The Bertz CT molecular complexity index is 662. The van der Waals surface area contributed by atoms with Gasteiger partial charge in [-0.05, 0) is 0 Å². The van der Waals surface area contributed by atoms with Crippen molar-refractivity contribution in [3.63, 3.8) is 0 Å². The van der Waals surface area contributed by atoms with Gasteiger partial charge in [-0.3, -0.25) is 4.79 Å². The van der Waals surface area contributed by atoms with E-state index in [1.165, 1.54) is 14.2 Å². The molecule has 21 heavy (non-hydrogen) atoms. The number of halogens is 1. The molecule has 1 aromatic carbocycles. The van der Waals surface area contributed by atoms with E-state index in [2.05, 4.69) is 5.32 Å². The van der Waals surface area contributed by atoms with Gasteiger partial charge in [0.25, 0.3) is 0 Å². The molecule has 1 fully saturated rings. The Morgan fingerprint density at radius 3 is 2.43 bits per heavy atom. The Balaban J connectivity index is 2.46. The number of rotatable bonds is 4. The highest BCUT2D eigenvalue weighted by atomic mass is 32.2. The van der Waals surface area contributed by atoms with E-state index in [-0.39, 0.29) is 31.1 Å². The number of piperazine rings is 1. The van der Waals surface area contributed by atoms with Gasteiger partial charge in [-0.25, -0.2) is 12.8 Å². The van der Waals surface area contributed by atoms with Crippen molar-refractivity contribution < 1.29 is 27.1 Å². The van der Waals surface area contributed by atoms with Crippen LogP contribution >= 0.6 is 0 Å². The topological polar surface area (TPSA) is 84.9 Å². The van der Waals surface area contributed by atoms with Gasteiger partial charge >= 0.3 is 0 Å². The van der Waals surface area contributed by atoms with E-state index >= 15 is 0 Å². The van der Waals surface area contributed by atoms with Gasteiger partial charge in [0.15, 0.2) is 11.5 Å². The average molecular weight is 318 g/mol. The Morgan fingerprint density at radius 2 is 1.86 bits per heavy atom. The van der Waals surface area contributed by atoms with Crippen molar-refractivity contribution in [1.82, 2.24) is 9.62 Å². The quantitative estimate of drug-likeness (QED) is 0.842. The molecular weight excluding hydrogens is 303 g/mol. The molecule has 0 atom stereocenters. The fraction of sp³-hybridized carbons (Fsp3) is 0.417. The number of nitrogens with zero attached hydrogens (tertiary/aromatic N) is 1. The second-order valence-corrected chi connectivity index (χ2v) is 6.23. The zero-order valence-corrected chi connectivity index (χ0v) is 12.4. The molecule has 0 unspecified atom stereocenters. The van der Waals surface area contributed by atoms with Crippen LogP contribution in [0.15, 0.2) is 17.0 Å². The number of nitrogens with one attached hydrogen (secondary N) is 1. The summed E-state index contributed by atoms with van der Waals surface area (Å²) in [6, 6.07) is 1.99. The van der Waals surface area contributed by atoms with Crippen LogP contribution < -0.4 is 14.8 Å². The number of benzene rings is 1. The van der Waals surface area contributed by atoms with E-state index in [0.717, 1.165) is 16.4 Å². The average Bonchev–Trinajstić information content (AvgIpc) is 2.46. The van der Waals surface area contributed by atoms with E-state index in [9.17, 15) is 17.6 Å². The van der Waals surface area contributed by atoms with Gasteiger partial charge in [0.1, 0.15) is 10.7 Å². The first-order valence-corrected chi connectivity index (χ1v) is 7.52. The molecule has 1 heterocycles. The Hall–Kier alpha value is -1.87. The summed E-state index contributed by atoms with van der Waals surface area (Å²) >= 11 is 0. The summed E-state index contributed by atoms with van der Waals surface area (Å²) in [4.78, 5) is 10.8. The molecule has 1 saturated heterocycles. The lowest BCUT2D eigenvalue weighted by atomic mass is 10.3.